The average molecular weight is 369 g/mol. The minimum atomic E-state index is -3.00. The number of hydrogen-bond acceptors (Lipinski definition) is 5. The first kappa shape index (κ1) is 20.2. The minimum absolute atomic E-state index is 0.273. The second-order valence-corrected chi connectivity index (χ2v) is 6.86. The molecule has 144 valence electrons. The Bertz CT molecular complexity index is 668. The molecular weight excluding hydrogens is 344 g/mol. The van der Waals surface area contributed by atoms with Gasteiger partial charge in [-0.05, 0) is 19.1 Å². The van der Waals surface area contributed by atoms with Gasteiger partial charge in [0, 0.05) is 30.8 Å². The lowest BCUT2D eigenvalue weighted by Gasteiger charge is -2.24. The van der Waals surface area contributed by atoms with E-state index in [0.29, 0.717) is 17.8 Å². The Kier molecular flexibility index (Phi) is 6.25. The predicted octanol–water partition coefficient (Wildman–Crippen LogP) is 0.850. The first-order valence-electron chi connectivity index (χ1n) is 8.52. The largest absolute Gasteiger partial charge is 0.341 e. The number of nitrogens with two attached hydrogens (primary N) is 1. The van der Waals surface area contributed by atoms with Crippen LogP contribution in [0, 0.1) is 0 Å². The van der Waals surface area contributed by atoms with E-state index in [4.69, 9.17) is 5.73 Å². The summed E-state index contributed by atoms with van der Waals surface area (Å²) in [5, 5.41) is 5.73. The zero-order chi connectivity index (χ0) is 19.5. The van der Waals surface area contributed by atoms with Gasteiger partial charge in [0.15, 0.2) is 0 Å². The van der Waals surface area contributed by atoms with Crippen molar-refractivity contribution in [1.82, 2.24) is 20.5 Å². The Balaban J connectivity index is 1.98. The molecule has 0 radical (unpaired) electrons. The van der Waals surface area contributed by atoms with E-state index in [1.807, 2.05) is 13.8 Å². The Morgan fingerprint density at radius 1 is 1.42 bits per heavy atom. The molecule has 1 fully saturated rings. The molecule has 2 amide bonds. The summed E-state index contributed by atoms with van der Waals surface area (Å²) in [5.74, 6) is -4.10. The number of carbonyl (C=O) groups excluding carboxylic acids is 2. The molecule has 0 unspecified atom stereocenters. The number of alkyl halides is 2. The summed E-state index contributed by atoms with van der Waals surface area (Å²) in [5.41, 5.74) is 6.64. The number of nitrogens with zero attached hydrogens (tertiary/aromatic N) is 2. The number of likely N-dealkylation sites (tertiary alicyclic amines) is 1. The third kappa shape index (κ3) is 5.18. The number of nitrogens with one attached hydrogen (secondary N) is 2. The fraction of sp³-hybridized carbons (Fsp3) is 0.588. The van der Waals surface area contributed by atoms with Crippen LogP contribution in [0.15, 0.2) is 18.3 Å². The molecule has 4 N–H and O–H groups in total. The zero-order valence-corrected chi connectivity index (χ0v) is 15.1. The number of halogens is 2. The van der Waals surface area contributed by atoms with Gasteiger partial charge in [0.2, 0.25) is 5.91 Å². The lowest BCUT2D eigenvalue weighted by atomic mass is 10.2. The van der Waals surface area contributed by atoms with E-state index in [9.17, 15) is 18.4 Å². The highest BCUT2D eigenvalue weighted by Crippen LogP contribution is 2.30. The summed E-state index contributed by atoms with van der Waals surface area (Å²) >= 11 is 0. The van der Waals surface area contributed by atoms with Crippen LogP contribution in [0.2, 0.25) is 0 Å². The molecule has 1 aliphatic heterocycles. The summed E-state index contributed by atoms with van der Waals surface area (Å²) < 4.78 is 26.8. The number of rotatable bonds is 6. The van der Waals surface area contributed by atoms with Crippen molar-refractivity contribution in [3.63, 3.8) is 0 Å². The minimum Gasteiger partial charge on any atom is -0.341 e. The van der Waals surface area contributed by atoms with Crippen molar-refractivity contribution in [2.75, 3.05) is 6.54 Å². The highest BCUT2D eigenvalue weighted by Gasteiger charge is 2.46. The van der Waals surface area contributed by atoms with Gasteiger partial charge in [-0.15, -0.1) is 0 Å². The highest BCUT2D eigenvalue weighted by atomic mass is 19.3. The van der Waals surface area contributed by atoms with Crippen molar-refractivity contribution >= 4 is 11.8 Å². The Morgan fingerprint density at radius 2 is 2.12 bits per heavy atom. The Hall–Kier alpha value is -2.13. The molecule has 1 aliphatic rings. The summed E-state index contributed by atoms with van der Waals surface area (Å²) in [6.07, 6.45) is -0.113. The van der Waals surface area contributed by atoms with Gasteiger partial charge in [0.25, 0.3) is 11.8 Å². The fourth-order valence-electron chi connectivity index (χ4n) is 2.70. The number of aromatic nitrogens is 1. The van der Waals surface area contributed by atoms with E-state index in [1.54, 1.807) is 6.07 Å². The van der Waals surface area contributed by atoms with Crippen LogP contribution >= 0.6 is 0 Å². The van der Waals surface area contributed by atoms with Gasteiger partial charge in [-0.3, -0.25) is 14.6 Å². The normalized spacial score (nSPS) is 20.3. The molecule has 0 aromatic carbocycles. The second kappa shape index (κ2) is 8.05. The maximum absolute atomic E-state index is 13.4. The van der Waals surface area contributed by atoms with Gasteiger partial charge >= 0.3 is 0 Å². The molecule has 2 rings (SSSR count). The van der Waals surface area contributed by atoms with Gasteiger partial charge in [-0.1, -0.05) is 13.8 Å². The van der Waals surface area contributed by atoms with Crippen LogP contribution in [0.4, 0.5) is 8.78 Å². The monoisotopic (exact) mass is 369 g/mol. The van der Waals surface area contributed by atoms with Crippen molar-refractivity contribution in [3.8, 4) is 0 Å². The van der Waals surface area contributed by atoms with E-state index in [0.717, 1.165) is 4.90 Å². The second-order valence-electron chi connectivity index (χ2n) is 6.86. The van der Waals surface area contributed by atoms with Crippen molar-refractivity contribution in [1.29, 1.82) is 0 Å². The maximum atomic E-state index is 13.4. The molecule has 26 heavy (non-hydrogen) atoms. The van der Waals surface area contributed by atoms with E-state index in [2.05, 4.69) is 15.6 Å². The van der Waals surface area contributed by atoms with Gasteiger partial charge in [0.1, 0.15) is 6.04 Å². The summed E-state index contributed by atoms with van der Waals surface area (Å²) in [6, 6.07) is 2.46. The summed E-state index contributed by atoms with van der Waals surface area (Å²) in [4.78, 5) is 29.8. The standard InChI is InChI=1S/C17H25F2N5O2/c1-10(2)22-8-13-6-12(4-5-21-13)15(25)23-11(3)16(26)24-9-17(18,19)7-14(24)20/h4-6,10-11,14,22H,7-9,20H2,1-3H3,(H,23,25)/t11-,14+/m1/s1. The van der Waals surface area contributed by atoms with Crippen LogP contribution in [0.5, 0.6) is 0 Å². The van der Waals surface area contributed by atoms with Crippen LogP contribution in [0.3, 0.4) is 0 Å². The lowest BCUT2D eigenvalue weighted by molar-refractivity contribution is -0.134. The number of pyridine rings is 1. The van der Waals surface area contributed by atoms with Gasteiger partial charge in [-0.25, -0.2) is 8.78 Å². The Morgan fingerprint density at radius 3 is 2.69 bits per heavy atom. The lowest BCUT2D eigenvalue weighted by Crippen LogP contribution is -2.51. The third-order valence-electron chi connectivity index (χ3n) is 4.08. The molecule has 2 heterocycles. The molecular formula is C17H25F2N5O2. The first-order chi connectivity index (χ1) is 12.1. The fourth-order valence-corrected chi connectivity index (χ4v) is 2.70. The molecule has 9 heteroatoms. The topological polar surface area (TPSA) is 100 Å². The molecule has 7 nitrogen and oxygen atoms in total. The van der Waals surface area contributed by atoms with E-state index in [1.165, 1.54) is 19.2 Å². The first-order valence-corrected chi connectivity index (χ1v) is 8.52. The predicted molar refractivity (Wildman–Crippen MR) is 92.4 cm³/mol. The average Bonchev–Trinajstić information content (AvgIpc) is 2.85. The maximum Gasteiger partial charge on any atom is 0.268 e. The van der Waals surface area contributed by atoms with Crippen LogP contribution < -0.4 is 16.4 Å². The van der Waals surface area contributed by atoms with Crippen molar-refractivity contribution in [3.05, 3.63) is 29.6 Å². The Labute approximate surface area is 151 Å². The van der Waals surface area contributed by atoms with Gasteiger partial charge < -0.3 is 21.3 Å². The van der Waals surface area contributed by atoms with E-state index >= 15 is 0 Å². The van der Waals surface area contributed by atoms with Crippen LogP contribution in [-0.4, -0.2) is 52.4 Å². The SMILES string of the molecule is CC(C)NCc1cc(C(=O)N[C@H](C)C(=O)N2CC(F)(F)C[C@H]2N)ccn1. The number of amides is 2. The molecule has 0 bridgehead atoms. The summed E-state index contributed by atoms with van der Waals surface area (Å²) in [6.45, 7) is 5.22. The molecule has 2 atom stereocenters. The number of carbonyl (C=O) groups is 2. The molecule has 1 saturated heterocycles. The van der Waals surface area contributed by atoms with Gasteiger partial charge in [-0.2, -0.15) is 0 Å². The molecule has 1 aromatic rings. The quantitative estimate of drug-likeness (QED) is 0.690. The molecule has 0 aliphatic carbocycles. The van der Waals surface area contributed by atoms with Crippen molar-refractivity contribution < 1.29 is 18.4 Å². The van der Waals surface area contributed by atoms with Crippen LogP contribution in [0.1, 0.15) is 43.2 Å². The van der Waals surface area contributed by atoms with Gasteiger partial charge in [0.05, 0.1) is 18.4 Å². The van der Waals surface area contributed by atoms with Crippen LogP contribution in [0.25, 0.3) is 0 Å². The zero-order valence-electron chi connectivity index (χ0n) is 15.1. The molecule has 1 aromatic heterocycles. The number of hydrogen-bond donors (Lipinski definition) is 3. The van der Waals surface area contributed by atoms with E-state index < -0.39 is 42.9 Å². The van der Waals surface area contributed by atoms with Crippen molar-refractivity contribution in [2.45, 2.75) is 57.9 Å². The molecule has 0 spiro atoms. The third-order valence-corrected chi connectivity index (χ3v) is 4.08. The smallest absolute Gasteiger partial charge is 0.268 e. The van der Waals surface area contributed by atoms with Crippen molar-refractivity contribution in [2.24, 2.45) is 5.73 Å². The molecule has 0 saturated carbocycles. The van der Waals surface area contributed by atoms with Crippen LogP contribution in [-0.2, 0) is 11.3 Å². The summed E-state index contributed by atoms with van der Waals surface area (Å²) in [7, 11) is 0. The highest BCUT2D eigenvalue weighted by molar-refractivity contribution is 5.97. The van der Waals surface area contributed by atoms with E-state index in [-0.39, 0.29) is 6.04 Å².